The van der Waals surface area contributed by atoms with Crippen LogP contribution in [0.3, 0.4) is 0 Å². The van der Waals surface area contributed by atoms with Crippen LogP contribution < -0.4 is 5.32 Å². The second-order valence-electron chi connectivity index (χ2n) is 4.23. The van der Waals surface area contributed by atoms with Crippen molar-refractivity contribution in [1.29, 1.82) is 0 Å². The molecule has 0 aliphatic heterocycles. The molecule has 0 aliphatic rings. The minimum atomic E-state index is -0.672. The van der Waals surface area contributed by atoms with Gasteiger partial charge in [0.1, 0.15) is 0 Å². The molecular weight excluding hydrogens is 178 g/mol. The lowest BCUT2D eigenvalue weighted by molar-refractivity contribution is -0.141. The Bertz CT molecular complexity index is 157. The number of rotatable bonds is 8. The molecule has 0 fully saturated rings. The highest BCUT2D eigenvalue weighted by Crippen LogP contribution is 2.07. The molecule has 0 aliphatic carbocycles. The molecule has 1 atom stereocenters. The van der Waals surface area contributed by atoms with Crippen LogP contribution >= 0.6 is 0 Å². The van der Waals surface area contributed by atoms with Gasteiger partial charge in [0.25, 0.3) is 0 Å². The Balaban J connectivity index is 3.68. The molecule has 0 amide bonds. The third-order valence-corrected chi connectivity index (χ3v) is 2.20. The maximum atomic E-state index is 10.8. The molecular formula is C11H23NO2. The third-order valence-electron chi connectivity index (χ3n) is 2.20. The van der Waals surface area contributed by atoms with Gasteiger partial charge in [-0.3, -0.25) is 4.79 Å². The summed E-state index contributed by atoms with van der Waals surface area (Å²) >= 11 is 0. The van der Waals surface area contributed by atoms with Crippen LogP contribution in [0, 0.1) is 11.8 Å². The van der Waals surface area contributed by atoms with Crippen molar-refractivity contribution in [3.63, 3.8) is 0 Å². The van der Waals surface area contributed by atoms with Gasteiger partial charge in [-0.15, -0.1) is 0 Å². The predicted octanol–water partition coefficient (Wildman–Crippen LogP) is 2.12. The molecule has 0 aromatic rings. The van der Waals surface area contributed by atoms with Crippen molar-refractivity contribution in [2.75, 3.05) is 13.1 Å². The van der Waals surface area contributed by atoms with E-state index < -0.39 is 5.97 Å². The van der Waals surface area contributed by atoms with E-state index in [4.69, 9.17) is 5.11 Å². The Morgan fingerprint density at radius 2 is 2.00 bits per heavy atom. The van der Waals surface area contributed by atoms with E-state index in [0.29, 0.717) is 12.5 Å². The van der Waals surface area contributed by atoms with Crippen molar-refractivity contribution >= 4 is 5.97 Å². The number of carbonyl (C=O) groups is 1. The van der Waals surface area contributed by atoms with Crippen molar-refractivity contribution in [3.05, 3.63) is 0 Å². The lowest BCUT2D eigenvalue weighted by atomic mass is 10.0. The van der Waals surface area contributed by atoms with Crippen molar-refractivity contribution < 1.29 is 9.90 Å². The largest absolute Gasteiger partial charge is 0.481 e. The van der Waals surface area contributed by atoms with Gasteiger partial charge < -0.3 is 10.4 Å². The molecule has 84 valence electrons. The minimum Gasteiger partial charge on any atom is -0.481 e. The van der Waals surface area contributed by atoms with Gasteiger partial charge in [0.15, 0.2) is 0 Å². The quantitative estimate of drug-likeness (QED) is 0.632. The lowest BCUT2D eigenvalue weighted by Crippen LogP contribution is -2.30. The highest BCUT2D eigenvalue weighted by atomic mass is 16.4. The van der Waals surface area contributed by atoms with Crippen molar-refractivity contribution in [2.24, 2.45) is 11.8 Å². The minimum absolute atomic E-state index is 0.214. The first kappa shape index (κ1) is 13.4. The summed E-state index contributed by atoms with van der Waals surface area (Å²) < 4.78 is 0. The van der Waals surface area contributed by atoms with Gasteiger partial charge in [-0.1, -0.05) is 33.6 Å². The number of unbranched alkanes of at least 4 members (excludes halogenated alkanes) is 1. The SMILES string of the molecule is CCCCC(CNCC(C)C)C(=O)O. The predicted molar refractivity (Wildman–Crippen MR) is 58.4 cm³/mol. The normalized spacial score (nSPS) is 13.1. The molecule has 0 rings (SSSR count). The average Bonchev–Trinajstić information content (AvgIpc) is 2.09. The zero-order valence-corrected chi connectivity index (χ0v) is 9.55. The van der Waals surface area contributed by atoms with Crippen molar-refractivity contribution in [3.8, 4) is 0 Å². The van der Waals surface area contributed by atoms with Gasteiger partial charge >= 0.3 is 5.97 Å². The number of hydrogen-bond donors (Lipinski definition) is 2. The summed E-state index contributed by atoms with van der Waals surface area (Å²) in [5.74, 6) is -0.306. The molecule has 0 bridgehead atoms. The zero-order chi connectivity index (χ0) is 11.0. The van der Waals surface area contributed by atoms with Gasteiger partial charge in [-0.05, 0) is 18.9 Å². The van der Waals surface area contributed by atoms with Crippen LogP contribution in [0.2, 0.25) is 0 Å². The summed E-state index contributed by atoms with van der Waals surface area (Å²) in [6, 6.07) is 0. The first-order chi connectivity index (χ1) is 6.57. The number of aliphatic carboxylic acids is 1. The first-order valence-electron chi connectivity index (χ1n) is 5.51. The molecule has 0 radical (unpaired) electrons. The Labute approximate surface area is 86.9 Å². The first-order valence-corrected chi connectivity index (χ1v) is 5.51. The van der Waals surface area contributed by atoms with E-state index in [1.807, 2.05) is 0 Å². The summed E-state index contributed by atoms with van der Waals surface area (Å²) in [7, 11) is 0. The Morgan fingerprint density at radius 3 is 2.43 bits per heavy atom. The number of carboxylic acids is 1. The molecule has 0 aromatic carbocycles. The summed E-state index contributed by atoms with van der Waals surface area (Å²) in [6.07, 6.45) is 2.85. The molecule has 0 saturated carbocycles. The molecule has 0 heterocycles. The van der Waals surface area contributed by atoms with E-state index in [1.54, 1.807) is 0 Å². The van der Waals surface area contributed by atoms with E-state index in [-0.39, 0.29) is 5.92 Å². The lowest BCUT2D eigenvalue weighted by Gasteiger charge is -2.13. The van der Waals surface area contributed by atoms with Gasteiger partial charge in [0.05, 0.1) is 5.92 Å². The second kappa shape index (κ2) is 7.80. The topological polar surface area (TPSA) is 49.3 Å². The smallest absolute Gasteiger partial charge is 0.307 e. The fraction of sp³-hybridized carbons (Fsp3) is 0.909. The van der Waals surface area contributed by atoms with E-state index in [1.165, 1.54) is 0 Å². The summed E-state index contributed by atoms with van der Waals surface area (Å²) in [6.45, 7) is 7.83. The standard InChI is InChI=1S/C11H23NO2/c1-4-5-6-10(11(13)14)8-12-7-9(2)3/h9-10,12H,4-8H2,1-3H3,(H,13,14). The Hall–Kier alpha value is -0.570. The highest BCUT2D eigenvalue weighted by molar-refractivity contribution is 5.70. The summed E-state index contributed by atoms with van der Waals surface area (Å²) in [4.78, 5) is 10.8. The van der Waals surface area contributed by atoms with E-state index in [9.17, 15) is 4.79 Å². The van der Waals surface area contributed by atoms with Gasteiger partial charge in [0, 0.05) is 6.54 Å². The molecule has 3 nitrogen and oxygen atoms in total. The monoisotopic (exact) mass is 201 g/mol. The van der Waals surface area contributed by atoms with E-state index in [0.717, 1.165) is 25.8 Å². The van der Waals surface area contributed by atoms with E-state index in [2.05, 4.69) is 26.1 Å². The van der Waals surface area contributed by atoms with Crippen LogP contribution in [0.5, 0.6) is 0 Å². The Morgan fingerprint density at radius 1 is 1.36 bits per heavy atom. The number of nitrogens with one attached hydrogen (secondary N) is 1. The molecule has 0 saturated heterocycles. The summed E-state index contributed by atoms with van der Waals surface area (Å²) in [5, 5.41) is 12.1. The van der Waals surface area contributed by atoms with Gasteiger partial charge in [-0.25, -0.2) is 0 Å². The number of carboxylic acid groups (broad SMARTS) is 1. The van der Waals surface area contributed by atoms with Crippen molar-refractivity contribution in [2.45, 2.75) is 40.0 Å². The average molecular weight is 201 g/mol. The van der Waals surface area contributed by atoms with Crippen molar-refractivity contribution in [1.82, 2.24) is 5.32 Å². The zero-order valence-electron chi connectivity index (χ0n) is 9.55. The fourth-order valence-corrected chi connectivity index (χ4v) is 1.31. The molecule has 2 N–H and O–H groups in total. The van der Waals surface area contributed by atoms with Gasteiger partial charge in [-0.2, -0.15) is 0 Å². The molecule has 0 spiro atoms. The summed E-state index contributed by atoms with van der Waals surface area (Å²) in [5.41, 5.74) is 0. The van der Waals surface area contributed by atoms with Crippen LogP contribution in [0.25, 0.3) is 0 Å². The van der Waals surface area contributed by atoms with Crippen LogP contribution in [0.15, 0.2) is 0 Å². The van der Waals surface area contributed by atoms with E-state index >= 15 is 0 Å². The molecule has 1 unspecified atom stereocenters. The van der Waals surface area contributed by atoms with Crippen LogP contribution in [0.1, 0.15) is 40.0 Å². The molecule has 0 aromatic heterocycles. The fourth-order valence-electron chi connectivity index (χ4n) is 1.31. The Kier molecular flexibility index (Phi) is 7.48. The maximum Gasteiger partial charge on any atom is 0.307 e. The number of hydrogen-bond acceptors (Lipinski definition) is 2. The highest BCUT2D eigenvalue weighted by Gasteiger charge is 2.15. The van der Waals surface area contributed by atoms with Crippen LogP contribution in [-0.4, -0.2) is 24.2 Å². The van der Waals surface area contributed by atoms with Crippen LogP contribution in [0.4, 0.5) is 0 Å². The van der Waals surface area contributed by atoms with Crippen LogP contribution in [-0.2, 0) is 4.79 Å². The van der Waals surface area contributed by atoms with Gasteiger partial charge in [0.2, 0.25) is 0 Å². The molecule has 14 heavy (non-hydrogen) atoms. The maximum absolute atomic E-state index is 10.8. The second-order valence-corrected chi connectivity index (χ2v) is 4.23. The molecule has 3 heteroatoms. The third kappa shape index (κ3) is 6.89.